The van der Waals surface area contributed by atoms with Gasteiger partial charge in [0.25, 0.3) is 0 Å². The van der Waals surface area contributed by atoms with E-state index in [4.69, 9.17) is 4.98 Å². The molecular formula is C31H28N4S. The molecule has 0 saturated heterocycles. The summed E-state index contributed by atoms with van der Waals surface area (Å²) in [6.45, 7) is 2.61. The van der Waals surface area contributed by atoms with Gasteiger partial charge in [-0.1, -0.05) is 103 Å². The van der Waals surface area contributed by atoms with Gasteiger partial charge >= 0.3 is 0 Å². The van der Waals surface area contributed by atoms with Crippen molar-refractivity contribution >= 4 is 17.6 Å². The molecule has 0 bridgehead atoms. The molecule has 0 amide bonds. The van der Waals surface area contributed by atoms with Crippen LogP contribution in [-0.2, 0) is 12.1 Å². The smallest absolute Gasteiger partial charge is 0.121 e. The second-order valence-electron chi connectivity index (χ2n) is 8.96. The van der Waals surface area contributed by atoms with Gasteiger partial charge in [-0.05, 0) is 40.8 Å². The molecule has 5 heteroatoms. The van der Waals surface area contributed by atoms with E-state index in [0.717, 1.165) is 25.3 Å². The first kappa shape index (κ1) is 22.7. The van der Waals surface area contributed by atoms with Gasteiger partial charge in [-0.2, -0.15) is 0 Å². The lowest BCUT2D eigenvalue weighted by molar-refractivity contribution is 0.477. The van der Waals surface area contributed by atoms with Gasteiger partial charge in [-0.3, -0.25) is 0 Å². The van der Waals surface area contributed by atoms with Gasteiger partial charge in [0.1, 0.15) is 5.54 Å². The van der Waals surface area contributed by atoms with Crippen molar-refractivity contribution < 1.29 is 0 Å². The predicted octanol–water partition coefficient (Wildman–Crippen LogP) is 6.66. The van der Waals surface area contributed by atoms with Crippen LogP contribution in [0.25, 0.3) is 0 Å². The summed E-state index contributed by atoms with van der Waals surface area (Å²) in [5, 5.41) is 3.55. The Labute approximate surface area is 216 Å². The summed E-state index contributed by atoms with van der Waals surface area (Å²) in [6.07, 6.45) is 4.22. The molecule has 178 valence electrons. The molecular weight excluding hydrogens is 460 g/mol. The number of hydrogen-bond donors (Lipinski definition) is 1. The van der Waals surface area contributed by atoms with Crippen LogP contribution in [0.1, 0.15) is 22.4 Å². The number of rotatable bonds is 6. The number of hydrogen-bond acceptors (Lipinski definition) is 4. The number of imidazole rings is 1. The van der Waals surface area contributed by atoms with Crippen LogP contribution in [0.5, 0.6) is 0 Å². The Bertz CT molecular complexity index is 1320. The Balaban J connectivity index is 1.43. The highest BCUT2D eigenvalue weighted by atomic mass is 32.2. The molecule has 0 spiro atoms. The van der Waals surface area contributed by atoms with Crippen molar-refractivity contribution in [1.29, 1.82) is 0 Å². The molecule has 1 aliphatic rings. The van der Waals surface area contributed by atoms with Crippen LogP contribution < -0.4 is 5.32 Å². The average molecular weight is 489 g/mol. The second kappa shape index (κ2) is 10.1. The van der Waals surface area contributed by atoms with Crippen molar-refractivity contribution in [3.8, 4) is 0 Å². The molecule has 0 radical (unpaired) electrons. The van der Waals surface area contributed by atoms with E-state index in [9.17, 15) is 0 Å². The Morgan fingerprint density at radius 1 is 0.722 bits per heavy atom. The van der Waals surface area contributed by atoms with E-state index < -0.39 is 5.54 Å². The summed E-state index contributed by atoms with van der Waals surface area (Å²) in [6, 6.07) is 40.7. The summed E-state index contributed by atoms with van der Waals surface area (Å²) in [7, 11) is 0. The van der Waals surface area contributed by atoms with E-state index >= 15 is 0 Å². The van der Waals surface area contributed by atoms with E-state index in [1.165, 1.54) is 27.3 Å². The van der Waals surface area contributed by atoms with Crippen LogP contribution in [0.3, 0.4) is 0 Å². The largest absolute Gasteiger partial charge is 0.383 e. The number of para-hydroxylation sites is 1. The third-order valence-corrected chi connectivity index (χ3v) is 7.85. The zero-order chi connectivity index (χ0) is 24.2. The zero-order valence-corrected chi connectivity index (χ0v) is 20.8. The van der Waals surface area contributed by atoms with Gasteiger partial charge < -0.3 is 9.88 Å². The quantitative estimate of drug-likeness (QED) is 0.214. The highest BCUT2D eigenvalue weighted by Gasteiger charge is 2.38. The molecule has 0 saturated carbocycles. The van der Waals surface area contributed by atoms with Crippen molar-refractivity contribution in [3.63, 3.8) is 0 Å². The molecule has 1 N–H and O–H groups in total. The summed E-state index contributed by atoms with van der Waals surface area (Å²) in [4.78, 5) is 6.18. The van der Waals surface area contributed by atoms with E-state index in [2.05, 4.69) is 136 Å². The first-order valence-corrected chi connectivity index (χ1v) is 13.1. The lowest BCUT2D eigenvalue weighted by Gasteiger charge is -2.37. The van der Waals surface area contributed by atoms with Crippen LogP contribution >= 0.6 is 11.9 Å². The summed E-state index contributed by atoms with van der Waals surface area (Å²) in [5.74, 6) is 0. The summed E-state index contributed by atoms with van der Waals surface area (Å²) >= 11 is 1.80. The maximum Gasteiger partial charge on any atom is 0.121 e. The molecule has 4 nitrogen and oxygen atoms in total. The molecule has 36 heavy (non-hydrogen) atoms. The minimum absolute atomic E-state index is 0.533. The Morgan fingerprint density at radius 2 is 1.28 bits per heavy atom. The Hall–Kier alpha value is -3.80. The minimum atomic E-state index is -0.533. The summed E-state index contributed by atoms with van der Waals surface area (Å²) < 4.78 is 4.68. The number of nitrogens with zero attached hydrogens (tertiary/aromatic N) is 3. The van der Waals surface area contributed by atoms with Crippen molar-refractivity contribution in [3.05, 3.63) is 150 Å². The van der Waals surface area contributed by atoms with Gasteiger partial charge in [-0.25, -0.2) is 9.29 Å². The fourth-order valence-electron chi connectivity index (χ4n) is 5.10. The van der Waals surface area contributed by atoms with Crippen molar-refractivity contribution in [2.75, 3.05) is 18.4 Å². The van der Waals surface area contributed by atoms with Crippen molar-refractivity contribution in [2.45, 2.75) is 17.0 Å². The van der Waals surface area contributed by atoms with Crippen LogP contribution in [0.2, 0.25) is 0 Å². The second-order valence-corrected chi connectivity index (χ2v) is 10.1. The topological polar surface area (TPSA) is 33.1 Å². The molecule has 2 heterocycles. The van der Waals surface area contributed by atoms with E-state index in [0.29, 0.717) is 0 Å². The number of benzene rings is 4. The molecule has 0 fully saturated rings. The average Bonchev–Trinajstić information content (AvgIpc) is 3.30. The van der Waals surface area contributed by atoms with Crippen LogP contribution in [0.4, 0.5) is 5.69 Å². The van der Waals surface area contributed by atoms with Crippen LogP contribution in [-0.4, -0.2) is 26.9 Å². The number of aromatic nitrogens is 2. The lowest BCUT2D eigenvalue weighted by atomic mass is 9.77. The monoisotopic (exact) mass is 488 g/mol. The van der Waals surface area contributed by atoms with Gasteiger partial charge in [0.15, 0.2) is 0 Å². The highest BCUT2D eigenvalue weighted by molar-refractivity contribution is 7.97. The third-order valence-electron chi connectivity index (χ3n) is 6.73. The van der Waals surface area contributed by atoms with Crippen molar-refractivity contribution in [1.82, 2.24) is 13.9 Å². The molecule has 4 aromatic carbocycles. The molecule has 6 rings (SSSR count). The van der Waals surface area contributed by atoms with Gasteiger partial charge in [0.2, 0.25) is 0 Å². The molecule has 0 aliphatic carbocycles. The van der Waals surface area contributed by atoms with Crippen LogP contribution in [0, 0.1) is 0 Å². The van der Waals surface area contributed by atoms with E-state index in [1.807, 2.05) is 6.33 Å². The van der Waals surface area contributed by atoms with Gasteiger partial charge in [-0.15, -0.1) is 0 Å². The van der Waals surface area contributed by atoms with E-state index in [-0.39, 0.29) is 0 Å². The Morgan fingerprint density at radius 3 is 1.89 bits per heavy atom. The SMILES string of the molecule is c1ccc(C(c2ccccc2)(c2ccccc2)n2cnc(CN3CCNc4ccccc4S3)c2)cc1. The third kappa shape index (κ3) is 4.21. The van der Waals surface area contributed by atoms with E-state index in [1.54, 1.807) is 11.9 Å². The zero-order valence-electron chi connectivity index (χ0n) is 20.0. The maximum atomic E-state index is 4.93. The molecule has 1 aromatic heterocycles. The lowest BCUT2D eigenvalue weighted by Crippen LogP contribution is -2.37. The van der Waals surface area contributed by atoms with Crippen LogP contribution in [0.15, 0.2) is 133 Å². The molecule has 5 aromatic rings. The number of fused-ring (bicyclic) bond motifs is 1. The Kier molecular flexibility index (Phi) is 6.33. The molecule has 0 atom stereocenters. The first-order valence-electron chi connectivity index (χ1n) is 12.3. The minimum Gasteiger partial charge on any atom is -0.383 e. The van der Waals surface area contributed by atoms with Gasteiger partial charge in [0.05, 0.1) is 18.6 Å². The fraction of sp³-hybridized carbons (Fsp3) is 0.129. The first-order chi connectivity index (χ1) is 17.8. The number of nitrogens with one attached hydrogen (secondary N) is 1. The summed E-state index contributed by atoms with van der Waals surface area (Å²) in [5.41, 5.74) is 5.33. The normalized spacial score (nSPS) is 14.0. The molecule has 1 aliphatic heterocycles. The number of anilines is 1. The standard InChI is InChI=1S/C31H28N4S/c1-4-12-25(13-5-1)31(26-14-6-2-7-15-26,27-16-8-3-9-17-27)34-22-28(33-24-34)23-35-21-20-32-29-18-10-11-19-30(29)36-35/h1-19,22,24,32H,20-21,23H2. The molecule has 0 unspecified atom stereocenters. The predicted molar refractivity (Wildman–Crippen MR) is 148 cm³/mol. The van der Waals surface area contributed by atoms with Gasteiger partial charge in [0, 0.05) is 29.9 Å². The van der Waals surface area contributed by atoms with Crippen molar-refractivity contribution in [2.24, 2.45) is 0 Å². The maximum absolute atomic E-state index is 4.93. The fourth-order valence-corrected chi connectivity index (χ4v) is 6.13. The highest BCUT2D eigenvalue weighted by Crippen LogP contribution is 2.41.